The molecule has 24 heavy (non-hydrogen) atoms. The molecule has 1 N–H and O–H groups in total. The molecule has 0 fully saturated rings. The van der Waals surface area contributed by atoms with Crippen molar-refractivity contribution in [1.29, 1.82) is 0 Å². The predicted octanol–water partition coefficient (Wildman–Crippen LogP) is 2.57. The molecule has 3 aromatic rings. The van der Waals surface area contributed by atoms with Gasteiger partial charge < -0.3 is 5.32 Å². The minimum absolute atomic E-state index is 0.125. The van der Waals surface area contributed by atoms with Crippen molar-refractivity contribution in [3.05, 3.63) is 50.6 Å². The number of hydrogen-bond acceptors (Lipinski definition) is 4. The van der Waals surface area contributed by atoms with E-state index in [1.165, 1.54) is 21.8 Å². The van der Waals surface area contributed by atoms with Crippen LogP contribution in [0.25, 0.3) is 11.0 Å². The number of halogens is 2. The molecular weight excluding hydrogens is 398 g/mol. The fourth-order valence-electron chi connectivity index (χ4n) is 2.25. The Balaban J connectivity index is 1.70. The molecule has 124 valence electrons. The van der Waals surface area contributed by atoms with E-state index in [-0.39, 0.29) is 24.4 Å². The highest BCUT2D eigenvalue weighted by Gasteiger charge is 2.10. The lowest BCUT2D eigenvalue weighted by Crippen LogP contribution is -2.23. The van der Waals surface area contributed by atoms with Crippen molar-refractivity contribution in [1.82, 2.24) is 19.3 Å². The Morgan fingerprint density at radius 2 is 2.21 bits per heavy atom. The summed E-state index contributed by atoms with van der Waals surface area (Å²) in [5, 5.41) is 7.60. The van der Waals surface area contributed by atoms with E-state index in [1.807, 2.05) is 0 Å². The summed E-state index contributed by atoms with van der Waals surface area (Å²) in [6.45, 7) is 0.219. The molecule has 2 heterocycles. The third-order valence-electron chi connectivity index (χ3n) is 3.50. The Bertz CT molecular complexity index is 982. The summed E-state index contributed by atoms with van der Waals surface area (Å²) >= 11 is 9.37. The molecule has 0 aliphatic heterocycles. The van der Waals surface area contributed by atoms with Gasteiger partial charge in [0.25, 0.3) is 5.56 Å². The van der Waals surface area contributed by atoms with Crippen molar-refractivity contribution in [3.63, 3.8) is 0 Å². The molecule has 0 unspecified atom stereocenters. The SMILES string of the molecule is Cn1ncc2c(=O)n(CCC(=O)Nc3ccc(Br)cc3Cl)cnc21. The Morgan fingerprint density at radius 3 is 2.96 bits per heavy atom. The first kappa shape index (κ1) is 16.7. The molecule has 1 amide bonds. The number of nitrogens with one attached hydrogen (secondary N) is 1. The summed E-state index contributed by atoms with van der Waals surface area (Å²) in [6.07, 6.45) is 3.02. The van der Waals surface area contributed by atoms with Gasteiger partial charge in [-0.1, -0.05) is 27.5 Å². The fraction of sp³-hybridized carbons (Fsp3) is 0.200. The fourth-order valence-corrected chi connectivity index (χ4v) is 2.97. The Hall–Kier alpha value is -2.19. The smallest absolute Gasteiger partial charge is 0.264 e. The molecule has 0 saturated carbocycles. The van der Waals surface area contributed by atoms with Crippen LogP contribution >= 0.6 is 27.5 Å². The van der Waals surface area contributed by atoms with Crippen LogP contribution in [0, 0.1) is 0 Å². The van der Waals surface area contributed by atoms with Crippen molar-refractivity contribution in [2.45, 2.75) is 13.0 Å². The molecule has 3 rings (SSSR count). The van der Waals surface area contributed by atoms with Gasteiger partial charge in [-0.3, -0.25) is 18.8 Å². The van der Waals surface area contributed by atoms with Crippen LogP contribution in [0.2, 0.25) is 5.02 Å². The van der Waals surface area contributed by atoms with Crippen LogP contribution < -0.4 is 10.9 Å². The molecule has 9 heteroatoms. The first-order valence-electron chi connectivity index (χ1n) is 7.08. The summed E-state index contributed by atoms with van der Waals surface area (Å²) in [5.41, 5.74) is 0.822. The van der Waals surface area contributed by atoms with Gasteiger partial charge in [0.05, 0.1) is 23.2 Å². The van der Waals surface area contributed by atoms with Crippen LogP contribution in [0.4, 0.5) is 5.69 Å². The van der Waals surface area contributed by atoms with Crippen molar-refractivity contribution < 1.29 is 4.79 Å². The van der Waals surface area contributed by atoms with Gasteiger partial charge in [0.1, 0.15) is 5.39 Å². The number of aromatic nitrogens is 4. The van der Waals surface area contributed by atoms with Gasteiger partial charge in [-0.2, -0.15) is 5.10 Å². The number of rotatable bonds is 4. The Morgan fingerprint density at radius 1 is 1.42 bits per heavy atom. The standard InChI is InChI=1S/C15H13BrClN5O2/c1-21-14-10(7-19-21)15(24)22(8-18-14)5-4-13(23)20-12-3-2-9(16)6-11(12)17/h2-3,6-8H,4-5H2,1H3,(H,20,23). The van der Waals surface area contributed by atoms with Crippen LogP contribution in [0.5, 0.6) is 0 Å². The third-order valence-corrected chi connectivity index (χ3v) is 4.31. The number of anilines is 1. The van der Waals surface area contributed by atoms with Gasteiger partial charge in [0.15, 0.2) is 5.65 Å². The van der Waals surface area contributed by atoms with E-state index in [2.05, 4.69) is 31.3 Å². The Labute approximate surface area is 150 Å². The number of carbonyl (C=O) groups excluding carboxylic acids is 1. The number of amides is 1. The molecule has 0 atom stereocenters. The minimum atomic E-state index is -0.239. The topological polar surface area (TPSA) is 81.8 Å². The van der Waals surface area contributed by atoms with Crippen molar-refractivity contribution >= 4 is 50.2 Å². The number of aryl methyl sites for hydroxylation is 2. The van der Waals surface area contributed by atoms with Gasteiger partial charge >= 0.3 is 0 Å². The zero-order chi connectivity index (χ0) is 17.3. The van der Waals surface area contributed by atoms with Crippen LogP contribution in [0.3, 0.4) is 0 Å². The average molecular weight is 411 g/mol. The first-order valence-corrected chi connectivity index (χ1v) is 8.25. The molecular formula is C15H13BrClN5O2. The van der Waals surface area contributed by atoms with E-state index in [0.717, 1.165) is 4.47 Å². The van der Waals surface area contributed by atoms with E-state index >= 15 is 0 Å². The zero-order valence-electron chi connectivity index (χ0n) is 12.7. The van der Waals surface area contributed by atoms with E-state index in [1.54, 1.807) is 25.2 Å². The second kappa shape index (κ2) is 6.74. The van der Waals surface area contributed by atoms with Gasteiger partial charge in [-0.25, -0.2) is 4.98 Å². The maximum absolute atomic E-state index is 12.3. The maximum Gasteiger partial charge on any atom is 0.264 e. The lowest BCUT2D eigenvalue weighted by atomic mass is 10.3. The van der Waals surface area contributed by atoms with Gasteiger partial charge in [-0.15, -0.1) is 0 Å². The molecule has 0 radical (unpaired) electrons. The summed E-state index contributed by atoms with van der Waals surface area (Å²) in [6, 6.07) is 5.19. The van der Waals surface area contributed by atoms with Gasteiger partial charge in [-0.05, 0) is 18.2 Å². The molecule has 0 aliphatic carbocycles. The summed E-state index contributed by atoms with van der Waals surface area (Å²) in [7, 11) is 1.72. The molecule has 2 aromatic heterocycles. The number of carbonyl (C=O) groups is 1. The van der Waals surface area contributed by atoms with Crippen LogP contribution in [-0.4, -0.2) is 25.2 Å². The van der Waals surface area contributed by atoms with Crippen molar-refractivity contribution in [2.24, 2.45) is 7.05 Å². The Kier molecular flexibility index (Phi) is 4.68. The quantitative estimate of drug-likeness (QED) is 0.717. The third kappa shape index (κ3) is 3.34. The van der Waals surface area contributed by atoms with E-state index in [9.17, 15) is 9.59 Å². The maximum atomic E-state index is 12.3. The van der Waals surface area contributed by atoms with E-state index in [0.29, 0.717) is 21.7 Å². The normalized spacial score (nSPS) is 11.0. The predicted molar refractivity (Wildman–Crippen MR) is 95.2 cm³/mol. The number of fused-ring (bicyclic) bond motifs is 1. The van der Waals surface area contributed by atoms with Gasteiger partial charge in [0, 0.05) is 24.5 Å². The van der Waals surface area contributed by atoms with Crippen molar-refractivity contribution in [2.75, 3.05) is 5.32 Å². The average Bonchev–Trinajstić information content (AvgIpc) is 2.92. The number of nitrogens with zero attached hydrogens (tertiary/aromatic N) is 4. The molecule has 0 saturated heterocycles. The summed E-state index contributed by atoms with van der Waals surface area (Å²) < 4.78 is 3.75. The van der Waals surface area contributed by atoms with Crippen LogP contribution in [0.15, 0.2) is 40.0 Å². The molecule has 0 spiro atoms. The second-order valence-electron chi connectivity index (χ2n) is 5.17. The molecule has 0 aliphatic rings. The molecule has 0 bridgehead atoms. The lowest BCUT2D eigenvalue weighted by Gasteiger charge is -2.08. The van der Waals surface area contributed by atoms with Gasteiger partial charge in [0.2, 0.25) is 5.91 Å². The van der Waals surface area contributed by atoms with E-state index in [4.69, 9.17) is 11.6 Å². The van der Waals surface area contributed by atoms with Crippen LogP contribution in [0.1, 0.15) is 6.42 Å². The zero-order valence-corrected chi connectivity index (χ0v) is 15.0. The highest BCUT2D eigenvalue weighted by Crippen LogP contribution is 2.25. The minimum Gasteiger partial charge on any atom is -0.325 e. The number of benzene rings is 1. The van der Waals surface area contributed by atoms with Crippen molar-refractivity contribution in [3.8, 4) is 0 Å². The monoisotopic (exact) mass is 409 g/mol. The van der Waals surface area contributed by atoms with Crippen LogP contribution in [-0.2, 0) is 18.4 Å². The molecule has 7 nitrogen and oxygen atoms in total. The lowest BCUT2D eigenvalue weighted by molar-refractivity contribution is -0.116. The largest absolute Gasteiger partial charge is 0.325 e. The first-order chi connectivity index (χ1) is 11.5. The summed E-state index contributed by atoms with van der Waals surface area (Å²) in [5.74, 6) is -0.239. The highest BCUT2D eigenvalue weighted by atomic mass is 79.9. The second-order valence-corrected chi connectivity index (χ2v) is 6.49. The number of hydrogen-bond donors (Lipinski definition) is 1. The highest BCUT2D eigenvalue weighted by molar-refractivity contribution is 9.10. The van der Waals surface area contributed by atoms with E-state index < -0.39 is 0 Å². The molecule has 1 aromatic carbocycles. The summed E-state index contributed by atoms with van der Waals surface area (Å²) in [4.78, 5) is 28.6.